The molecule has 0 spiro atoms. The van der Waals surface area contributed by atoms with E-state index in [2.05, 4.69) is 0 Å². The van der Waals surface area contributed by atoms with Crippen LogP contribution in [0.15, 0.2) is 53.4 Å². The van der Waals surface area contributed by atoms with E-state index in [1.165, 1.54) is 24.3 Å². The van der Waals surface area contributed by atoms with Crippen LogP contribution in [-0.2, 0) is 14.6 Å². The van der Waals surface area contributed by atoms with Crippen LogP contribution in [0.3, 0.4) is 0 Å². The molecule has 1 fully saturated rings. The lowest BCUT2D eigenvalue weighted by atomic mass is 9.99. The zero-order chi connectivity index (χ0) is 18.4. The van der Waals surface area contributed by atoms with Gasteiger partial charge in [-0.1, -0.05) is 41.4 Å². The number of hydrogen-bond donors (Lipinski definition) is 2. The number of halogens is 1. The van der Waals surface area contributed by atoms with Crippen molar-refractivity contribution in [2.24, 2.45) is 11.1 Å². The molecule has 0 amide bonds. The minimum Gasteiger partial charge on any atom is -0.481 e. The van der Waals surface area contributed by atoms with Gasteiger partial charge in [-0.15, -0.1) is 0 Å². The molecular weight excluding hydrogens is 362 g/mol. The summed E-state index contributed by atoms with van der Waals surface area (Å²) in [4.78, 5) is 12.0. The number of carboxylic acids is 1. The number of carboxylic acid groups (broad SMARTS) is 1. The summed E-state index contributed by atoms with van der Waals surface area (Å²) in [6, 6.07) is 12.9. The van der Waals surface area contributed by atoms with E-state index < -0.39 is 32.4 Å². The van der Waals surface area contributed by atoms with Gasteiger partial charge in [0.1, 0.15) is 5.41 Å². The first-order valence-corrected chi connectivity index (χ1v) is 9.67. The fraction of sp³-hybridized carbons (Fsp3) is 0.278. The van der Waals surface area contributed by atoms with Crippen molar-refractivity contribution in [3.8, 4) is 0 Å². The van der Waals surface area contributed by atoms with Gasteiger partial charge in [-0.05, 0) is 36.8 Å². The van der Waals surface area contributed by atoms with E-state index >= 15 is 0 Å². The summed E-state index contributed by atoms with van der Waals surface area (Å²) in [5.41, 5.74) is 5.91. The van der Waals surface area contributed by atoms with Crippen molar-refractivity contribution < 1.29 is 18.3 Å². The van der Waals surface area contributed by atoms with Crippen molar-refractivity contribution in [1.29, 1.82) is 0 Å². The van der Waals surface area contributed by atoms with Gasteiger partial charge in [0.05, 0.1) is 10.1 Å². The second-order valence-corrected chi connectivity index (χ2v) is 8.86. The van der Waals surface area contributed by atoms with Crippen molar-refractivity contribution in [2.45, 2.75) is 23.0 Å². The summed E-state index contributed by atoms with van der Waals surface area (Å²) >= 11 is 5.82. The third-order valence-corrected chi connectivity index (χ3v) is 7.45. The molecule has 3 atom stereocenters. The summed E-state index contributed by atoms with van der Waals surface area (Å²) in [6.07, 6.45) is 0. The highest BCUT2D eigenvalue weighted by Crippen LogP contribution is 2.63. The van der Waals surface area contributed by atoms with Crippen LogP contribution < -0.4 is 5.73 Å². The van der Waals surface area contributed by atoms with E-state index in [4.69, 9.17) is 17.3 Å². The van der Waals surface area contributed by atoms with Crippen molar-refractivity contribution in [2.75, 3.05) is 6.54 Å². The molecule has 3 rings (SSSR count). The Morgan fingerprint density at radius 1 is 1.16 bits per heavy atom. The maximum absolute atomic E-state index is 13.1. The summed E-state index contributed by atoms with van der Waals surface area (Å²) in [5.74, 6) is -1.88. The quantitative estimate of drug-likeness (QED) is 0.832. The summed E-state index contributed by atoms with van der Waals surface area (Å²) in [6.45, 7) is 1.66. The maximum atomic E-state index is 13.1. The normalized spacial score (nSPS) is 25.6. The Balaban J connectivity index is 2.10. The third kappa shape index (κ3) is 2.74. The summed E-state index contributed by atoms with van der Waals surface area (Å²) < 4.78 is 26.1. The van der Waals surface area contributed by atoms with Crippen LogP contribution in [0.25, 0.3) is 0 Å². The number of carbonyl (C=O) groups is 1. The minimum absolute atomic E-state index is 0.0515. The second kappa shape index (κ2) is 6.12. The Labute approximate surface area is 151 Å². The van der Waals surface area contributed by atoms with Crippen molar-refractivity contribution >= 4 is 27.4 Å². The molecule has 2 aromatic carbocycles. The molecule has 0 bridgehead atoms. The Hall–Kier alpha value is -1.89. The van der Waals surface area contributed by atoms with Gasteiger partial charge < -0.3 is 10.8 Å². The topological polar surface area (TPSA) is 97.5 Å². The van der Waals surface area contributed by atoms with Crippen molar-refractivity contribution in [1.82, 2.24) is 0 Å². The first-order valence-electron chi connectivity index (χ1n) is 7.74. The molecule has 0 heterocycles. The van der Waals surface area contributed by atoms with Gasteiger partial charge in [0, 0.05) is 17.5 Å². The molecule has 2 aromatic rings. The van der Waals surface area contributed by atoms with E-state index in [1.807, 2.05) is 19.1 Å². The van der Waals surface area contributed by atoms with E-state index in [-0.39, 0.29) is 11.4 Å². The highest BCUT2D eigenvalue weighted by atomic mass is 35.5. The monoisotopic (exact) mass is 379 g/mol. The van der Waals surface area contributed by atoms with Crippen molar-refractivity contribution in [3.05, 3.63) is 64.7 Å². The average Bonchev–Trinajstić information content (AvgIpc) is 3.27. The minimum atomic E-state index is -3.87. The van der Waals surface area contributed by atoms with Gasteiger partial charge in [-0.2, -0.15) is 0 Å². The number of sulfone groups is 1. The average molecular weight is 380 g/mol. The lowest BCUT2D eigenvalue weighted by Crippen LogP contribution is -2.31. The van der Waals surface area contributed by atoms with E-state index in [0.29, 0.717) is 10.6 Å². The number of benzene rings is 2. The van der Waals surface area contributed by atoms with Gasteiger partial charge >= 0.3 is 5.97 Å². The molecule has 3 N–H and O–H groups in total. The molecule has 0 saturated heterocycles. The van der Waals surface area contributed by atoms with Crippen LogP contribution in [-0.4, -0.2) is 31.3 Å². The van der Waals surface area contributed by atoms with Gasteiger partial charge in [0.15, 0.2) is 9.84 Å². The van der Waals surface area contributed by atoms with E-state index in [0.717, 1.165) is 5.56 Å². The Bertz CT molecular complexity index is 909. The zero-order valence-corrected chi connectivity index (χ0v) is 15.1. The van der Waals surface area contributed by atoms with Gasteiger partial charge in [0.25, 0.3) is 0 Å². The first-order chi connectivity index (χ1) is 11.7. The van der Waals surface area contributed by atoms with E-state index in [1.54, 1.807) is 12.1 Å². The zero-order valence-electron chi connectivity index (χ0n) is 13.5. The molecule has 1 aliphatic carbocycles. The number of nitrogens with two attached hydrogens (primary N) is 1. The summed E-state index contributed by atoms with van der Waals surface area (Å²) in [7, 11) is -3.87. The molecule has 1 aliphatic rings. The van der Waals surface area contributed by atoms with Gasteiger partial charge in [-0.3, -0.25) is 4.79 Å². The van der Waals surface area contributed by atoms with Gasteiger partial charge in [0.2, 0.25) is 0 Å². The molecule has 3 unspecified atom stereocenters. The van der Waals surface area contributed by atoms with Crippen LogP contribution in [0.1, 0.15) is 17.0 Å². The lowest BCUT2D eigenvalue weighted by molar-refractivity contribution is -0.143. The van der Waals surface area contributed by atoms with Crippen LogP contribution >= 0.6 is 11.6 Å². The molecule has 1 saturated carbocycles. The molecule has 7 heteroatoms. The fourth-order valence-corrected chi connectivity index (χ4v) is 5.97. The van der Waals surface area contributed by atoms with Crippen LogP contribution in [0.2, 0.25) is 5.02 Å². The molecule has 132 valence electrons. The molecule has 0 radical (unpaired) electrons. The molecule has 0 aromatic heterocycles. The fourth-order valence-electron chi connectivity index (χ4n) is 3.46. The van der Waals surface area contributed by atoms with E-state index in [9.17, 15) is 18.3 Å². The molecular formula is C18H18ClNO4S. The molecule has 0 aliphatic heterocycles. The van der Waals surface area contributed by atoms with Gasteiger partial charge in [-0.25, -0.2) is 8.42 Å². The highest BCUT2D eigenvalue weighted by Gasteiger charge is 2.75. The highest BCUT2D eigenvalue weighted by molar-refractivity contribution is 7.92. The summed E-state index contributed by atoms with van der Waals surface area (Å²) in [5, 5.41) is 9.05. The number of hydrogen-bond acceptors (Lipinski definition) is 4. The predicted molar refractivity (Wildman–Crippen MR) is 95.5 cm³/mol. The number of aliphatic carboxylic acids is 1. The first kappa shape index (κ1) is 17.9. The number of aryl methyl sites for hydroxylation is 1. The third-order valence-electron chi connectivity index (χ3n) is 4.91. The Morgan fingerprint density at radius 2 is 1.72 bits per heavy atom. The van der Waals surface area contributed by atoms with Crippen LogP contribution in [0, 0.1) is 12.3 Å². The smallest absolute Gasteiger partial charge is 0.312 e. The maximum Gasteiger partial charge on any atom is 0.312 e. The lowest BCUT2D eigenvalue weighted by Gasteiger charge is -2.10. The number of rotatable bonds is 5. The van der Waals surface area contributed by atoms with Crippen molar-refractivity contribution in [3.63, 3.8) is 0 Å². The standard InChI is InChI=1S/C18H18ClNO4S/c1-11-2-4-12(5-3-11)15-16(18(15,10-20)17(21)22)25(23,24)14-8-6-13(19)7-9-14/h2-9,15-16H,10,20H2,1H3,(H,21,22). The SMILES string of the molecule is Cc1ccc(C2C(S(=O)(=O)c3ccc(Cl)cc3)C2(CN)C(=O)O)cc1. The Kier molecular flexibility index (Phi) is 4.39. The van der Waals surface area contributed by atoms with Crippen LogP contribution in [0.4, 0.5) is 0 Å². The second-order valence-electron chi connectivity index (χ2n) is 6.36. The predicted octanol–water partition coefficient (Wildman–Crippen LogP) is 2.62. The largest absolute Gasteiger partial charge is 0.481 e. The molecule has 5 nitrogen and oxygen atoms in total. The Morgan fingerprint density at radius 3 is 2.20 bits per heavy atom. The van der Waals surface area contributed by atoms with Crippen LogP contribution in [0.5, 0.6) is 0 Å². The molecule has 25 heavy (non-hydrogen) atoms.